The minimum Gasteiger partial charge on any atom is -0.492 e. The van der Waals surface area contributed by atoms with E-state index >= 15 is 0 Å². The van der Waals surface area contributed by atoms with Gasteiger partial charge in [0.25, 0.3) is 0 Å². The number of ether oxygens (including phenoxy) is 2. The van der Waals surface area contributed by atoms with E-state index < -0.39 is 12.1 Å². The highest BCUT2D eigenvalue weighted by atomic mass is 35.5. The minimum atomic E-state index is -0.454. The normalized spacial score (nSPS) is 22.4. The van der Waals surface area contributed by atoms with E-state index in [2.05, 4.69) is 0 Å². The Labute approximate surface area is 135 Å². The van der Waals surface area contributed by atoms with Crippen molar-refractivity contribution in [1.29, 1.82) is 0 Å². The first-order valence-electron chi connectivity index (χ1n) is 7.46. The Morgan fingerprint density at radius 1 is 1.50 bits per heavy atom. The summed E-state index contributed by atoms with van der Waals surface area (Å²) in [6, 6.07) is 5.22. The number of halogens is 1. The largest absolute Gasteiger partial charge is 0.492 e. The van der Waals surface area contributed by atoms with Crippen LogP contribution in [0.2, 0.25) is 5.02 Å². The molecule has 0 aromatic heterocycles. The fourth-order valence-electron chi connectivity index (χ4n) is 2.72. The molecule has 6 heteroatoms. The van der Waals surface area contributed by atoms with Crippen molar-refractivity contribution in [3.63, 3.8) is 0 Å². The number of carbonyl (C=O) groups is 1. The van der Waals surface area contributed by atoms with Gasteiger partial charge in [0, 0.05) is 13.1 Å². The van der Waals surface area contributed by atoms with Gasteiger partial charge in [-0.05, 0) is 37.5 Å². The second-order valence-electron chi connectivity index (χ2n) is 5.39. The maximum Gasteiger partial charge on any atom is 0.323 e. The molecule has 2 atom stereocenters. The van der Waals surface area contributed by atoms with Gasteiger partial charge in [-0.3, -0.25) is 9.69 Å². The highest BCUT2D eigenvalue weighted by molar-refractivity contribution is 6.32. The molecule has 2 rings (SSSR count). The number of nitrogens with zero attached hydrogens (tertiary/aromatic N) is 1. The molecule has 0 aliphatic carbocycles. The fraction of sp³-hybridized carbons (Fsp3) is 0.562. The number of esters is 1. The Morgan fingerprint density at radius 2 is 2.27 bits per heavy atom. The molecular formula is C16H22ClNO4. The number of likely N-dealkylation sites (tertiary alicyclic amines) is 1. The van der Waals surface area contributed by atoms with Gasteiger partial charge in [-0.1, -0.05) is 17.7 Å². The van der Waals surface area contributed by atoms with Crippen LogP contribution in [0.3, 0.4) is 0 Å². The van der Waals surface area contributed by atoms with Crippen molar-refractivity contribution in [2.75, 3.05) is 20.3 Å². The maximum atomic E-state index is 11.9. The summed E-state index contributed by atoms with van der Waals surface area (Å²) in [6.45, 7) is 3.70. The number of methoxy groups -OCH3 is 1. The van der Waals surface area contributed by atoms with Gasteiger partial charge in [0.05, 0.1) is 24.8 Å². The highest BCUT2D eigenvalue weighted by Gasteiger charge is 2.33. The molecule has 1 aromatic rings. The average Bonchev–Trinajstić information content (AvgIpc) is 2.51. The molecule has 0 unspecified atom stereocenters. The van der Waals surface area contributed by atoms with Crippen molar-refractivity contribution in [2.45, 2.75) is 38.5 Å². The number of carbonyl (C=O) groups excluding carboxylic acids is 1. The molecule has 0 saturated carbocycles. The van der Waals surface area contributed by atoms with Crippen LogP contribution >= 0.6 is 11.6 Å². The predicted octanol–water partition coefficient (Wildman–Crippen LogP) is 2.24. The topological polar surface area (TPSA) is 59.0 Å². The maximum absolute atomic E-state index is 11.9. The first-order valence-corrected chi connectivity index (χ1v) is 7.84. The quantitative estimate of drug-likeness (QED) is 0.840. The molecule has 0 bridgehead atoms. The van der Waals surface area contributed by atoms with Crippen LogP contribution in [-0.4, -0.2) is 48.4 Å². The van der Waals surface area contributed by atoms with Crippen LogP contribution in [0.1, 0.15) is 25.3 Å². The lowest BCUT2D eigenvalue weighted by molar-refractivity contribution is -0.150. The highest BCUT2D eigenvalue weighted by Crippen LogP contribution is 2.27. The van der Waals surface area contributed by atoms with Gasteiger partial charge in [-0.2, -0.15) is 0 Å². The van der Waals surface area contributed by atoms with Gasteiger partial charge in [-0.25, -0.2) is 0 Å². The molecule has 22 heavy (non-hydrogen) atoms. The van der Waals surface area contributed by atoms with Crippen LogP contribution in [0.4, 0.5) is 0 Å². The lowest BCUT2D eigenvalue weighted by Crippen LogP contribution is -2.48. The molecule has 1 saturated heterocycles. The first kappa shape index (κ1) is 17.1. The predicted molar refractivity (Wildman–Crippen MR) is 84.1 cm³/mol. The Hall–Kier alpha value is -1.30. The Morgan fingerprint density at radius 3 is 2.91 bits per heavy atom. The summed E-state index contributed by atoms with van der Waals surface area (Å²) in [5.74, 6) is 0.349. The standard InChI is InChI=1S/C16H22ClNO4/c1-3-22-15-5-4-11(8-13(15)17)10-18-7-6-12(19)9-14(18)16(20)21-2/h4-5,8,12,14,19H,3,6-7,9-10H2,1-2H3/t12-,14+/m1/s1. The average molecular weight is 328 g/mol. The molecule has 1 aliphatic rings. The third-order valence-corrected chi connectivity index (χ3v) is 4.14. The van der Waals surface area contributed by atoms with Crippen molar-refractivity contribution in [3.8, 4) is 5.75 Å². The SMILES string of the molecule is CCOc1ccc(CN2CC[C@@H](O)C[C@H]2C(=O)OC)cc1Cl. The molecule has 1 N–H and O–H groups in total. The van der Waals surface area contributed by atoms with Crippen molar-refractivity contribution in [3.05, 3.63) is 28.8 Å². The number of aliphatic hydroxyl groups excluding tert-OH is 1. The zero-order chi connectivity index (χ0) is 16.1. The van der Waals surface area contributed by atoms with E-state index in [1.54, 1.807) is 0 Å². The summed E-state index contributed by atoms with van der Waals surface area (Å²) in [5, 5.41) is 10.3. The summed E-state index contributed by atoms with van der Waals surface area (Å²) < 4.78 is 10.3. The van der Waals surface area contributed by atoms with Crippen molar-refractivity contribution in [1.82, 2.24) is 4.90 Å². The van der Waals surface area contributed by atoms with Crippen LogP contribution in [0.5, 0.6) is 5.75 Å². The molecule has 1 aromatic carbocycles. The second kappa shape index (κ2) is 7.81. The number of piperidine rings is 1. The molecule has 5 nitrogen and oxygen atoms in total. The van der Waals surface area contributed by atoms with Gasteiger partial charge in [0.1, 0.15) is 11.8 Å². The van der Waals surface area contributed by atoms with E-state index in [1.807, 2.05) is 30.0 Å². The number of hydrogen-bond acceptors (Lipinski definition) is 5. The molecule has 1 aliphatic heterocycles. The zero-order valence-corrected chi connectivity index (χ0v) is 13.7. The summed E-state index contributed by atoms with van der Waals surface area (Å²) in [4.78, 5) is 13.9. The smallest absolute Gasteiger partial charge is 0.323 e. The van der Waals surface area contributed by atoms with Gasteiger partial charge in [0.2, 0.25) is 0 Å². The van der Waals surface area contributed by atoms with Crippen molar-refractivity contribution in [2.24, 2.45) is 0 Å². The number of hydrogen-bond donors (Lipinski definition) is 1. The summed E-state index contributed by atoms with van der Waals surface area (Å²) in [6.07, 6.45) is 0.597. The van der Waals surface area contributed by atoms with E-state index in [4.69, 9.17) is 21.1 Å². The fourth-order valence-corrected chi connectivity index (χ4v) is 2.97. The summed E-state index contributed by atoms with van der Waals surface area (Å²) >= 11 is 6.20. The molecule has 1 fully saturated rings. The first-order chi connectivity index (χ1) is 10.5. The van der Waals surface area contributed by atoms with E-state index in [1.165, 1.54) is 7.11 Å². The summed E-state index contributed by atoms with van der Waals surface area (Å²) in [7, 11) is 1.37. The lowest BCUT2D eigenvalue weighted by atomic mass is 9.98. The molecular weight excluding hydrogens is 306 g/mol. The van der Waals surface area contributed by atoms with Crippen LogP contribution in [0.25, 0.3) is 0 Å². The van der Waals surface area contributed by atoms with Crippen molar-refractivity contribution < 1.29 is 19.4 Å². The van der Waals surface area contributed by atoms with Crippen LogP contribution in [-0.2, 0) is 16.1 Å². The molecule has 122 valence electrons. The van der Waals surface area contributed by atoms with E-state index in [0.717, 1.165) is 5.56 Å². The summed E-state index contributed by atoms with van der Waals surface area (Å²) in [5.41, 5.74) is 0.999. The van der Waals surface area contributed by atoms with E-state index in [0.29, 0.717) is 43.3 Å². The van der Waals surface area contributed by atoms with Gasteiger partial charge in [0.15, 0.2) is 0 Å². The Balaban J connectivity index is 2.10. The molecule has 0 spiro atoms. The van der Waals surface area contributed by atoms with Crippen LogP contribution < -0.4 is 4.74 Å². The lowest BCUT2D eigenvalue weighted by Gasteiger charge is -2.36. The van der Waals surface area contributed by atoms with Crippen LogP contribution in [0, 0.1) is 0 Å². The third-order valence-electron chi connectivity index (χ3n) is 3.84. The number of benzene rings is 1. The van der Waals surface area contributed by atoms with E-state index in [-0.39, 0.29) is 5.97 Å². The third kappa shape index (κ3) is 4.12. The minimum absolute atomic E-state index is 0.309. The van der Waals surface area contributed by atoms with Gasteiger partial charge in [-0.15, -0.1) is 0 Å². The Kier molecular flexibility index (Phi) is 6.06. The van der Waals surface area contributed by atoms with Gasteiger partial charge >= 0.3 is 5.97 Å². The second-order valence-corrected chi connectivity index (χ2v) is 5.79. The van der Waals surface area contributed by atoms with E-state index in [9.17, 15) is 9.90 Å². The monoisotopic (exact) mass is 327 g/mol. The van der Waals surface area contributed by atoms with Gasteiger partial charge < -0.3 is 14.6 Å². The van der Waals surface area contributed by atoms with Crippen LogP contribution in [0.15, 0.2) is 18.2 Å². The number of aliphatic hydroxyl groups is 1. The zero-order valence-electron chi connectivity index (χ0n) is 12.9. The molecule has 1 heterocycles. The number of rotatable bonds is 5. The Bertz CT molecular complexity index is 523. The molecule has 0 amide bonds. The molecule has 0 radical (unpaired) electrons. The van der Waals surface area contributed by atoms with Crippen molar-refractivity contribution >= 4 is 17.6 Å².